The average molecular weight is 401 g/mol. The van der Waals surface area contributed by atoms with Crippen molar-refractivity contribution in [3.63, 3.8) is 0 Å². The first-order chi connectivity index (χ1) is 13.5. The average Bonchev–Trinajstić information content (AvgIpc) is 2.72. The monoisotopic (exact) mass is 401 g/mol. The van der Waals surface area contributed by atoms with Gasteiger partial charge in [0, 0.05) is 10.6 Å². The molecule has 0 saturated heterocycles. The molecule has 1 amide bonds. The maximum absolute atomic E-state index is 11.9. The van der Waals surface area contributed by atoms with Crippen LogP contribution in [0.15, 0.2) is 53.4 Å². The third kappa shape index (κ3) is 6.66. The Morgan fingerprint density at radius 1 is 1.07 bits per heavy atom. The number of anilines is 1. The lowest BCUT2D eigenvalue weighted by Crippen LogP contribution is -2.23. The highest BCUT2D eigenvalue weighted by molar-refractivity contribution is 7.98. The Morgan fingerprint density at radius 2 is 1.82 bits per heavy atom. The van der Waals surface area contributed by atoms with E-state index < -0.39 is 11.9 Å². The van der Waals surface area contributed by atoms with Crippen LogP contribution in [0.2, 0.25) is 0 Å². The predicted octanol–water partition coefficient (Wildman–Crippen LogP) is 4.01. The Kier molecular flexibility index (Phi) is 8.42. The van der Waals surface area contributed by atoms with Crippen LogP contribution in [0.1, 0.15) is 12.5 Å². The highest BCUT2D eigenvalue weighted by Crippen LogP contribution is 2.28. The molecular formula is C21H23NO5S. The highest BCUT2D eigenvalue weighted by Gasteiger charge is 2.11. The van der Waals surface area contributed by atoms with Crippen LogP contribution >= 0.6 is 11.8 Å². The van der Waals surface area contributed by atoms with Crippen LogP contribution in [0.3, 0.4) is 0 Å². The lowest BCUT2D eigenvalue weighted by atomic mass is 10.2. The number of hydrogen-bond acceptors (Lipinski definition) is 6. The molecule has 0 aliphatic rings. The number of esters is 1. The molecule has 0 aliphatic carbocycles. The zero-order valence-electron chi connectivity index (χ0n) is 16.1. The van der Waals surface area contributed by atoms with E-state index >= 15 is 0 Å². The molecule has 0 atom stereocenters. The smallest absolute Gasteiger partial charge is 0.344 e. The molecule has 0 fully saturated rings. The number of thioether (sulfide) groups is 1. The number of ether oxygens (including phenoxy) is 3. The van der Waals surface area contributed by atoms with E-state index in [-0.39, 0.29) is 13.2 Å². The summed E-state index contributed by atoms with van der Waals surface area (Å²) in [5.74, 6) is -0.133. The summed E-state index contributed by atoms with van der Waals surface area (Å²) in [7, 11) is 1.52. The van der Waals surface area contributed by atoms with Crippen LogP contribution in [0.25, 0.3) is 6.08 Å². The van der Waals surface area contributed by atoms with Gasteiger partial charge in [0.1, 0.15) is 0 Å². The number of allylic oxidation sites excluding steroid dienone is 1. The molecule has 0 heterocycles. The fraction of sp³-hybridized carbons (Fsp3) is 0.238. The summed E-state index contributed by atoms with van der Waals surface area (Å²) in [6.07, 6.45) is 5.81. The van der Waals surface area contributed by atoms with Gasteiger partial charge in [0.25, 0.3) is 5.91 Å². The minimum atomic E-state index is -0.646. The van der Waals surface area contributed by atoms with E-state index in [4.69, 9.17) is 14.2 Å². The van der Waals surface area contributed by atoms with Gasteiger partial charge in [0.2, 0.25) is 0 Å². The number of hydrogen-bond donors (Lipinski definition) is 1. The summed E-state index contributed by atoms with van der Waals surface area (Å²) < 4.78 is 15.7. The fourth-order valence-electron chi connectivity index (χ4n) is 2.30. The maximum Gasteiger partial charge on any atom is 0.344 e. The molecule has 0 unspecified atom stereocenters. The summed E-state index contributed by atoms with van der Waals surface area (Å²) in [6, 6.07) is 12.7. The summed E-state index contributed by atoms with van der Waals surface area (Å²) in [5, 5.41) is 2.67. The van der Waals surface area contributed by atoms with Gasteiger partial charge in [-0.05, 0) is 55.1 Å². The van der Waals surface area contributed by atoms with Crippen molar-refractivity contribution in [2.24, 2.45) is 0 Å². The second-order valence-electron chi connectivity index (χ2n) is 5.64. The fourth-order valence-corrected chi connectivity index (χ4v) is 2.70. The number of methoxy groups -OCH3 is 1. The van der Waals surface area contributed by atoms with Gasteiger partial charge in [-0.25, -0.2) is 4.79 Å². The van der Waals surface area contributed by atoms with Gasteiger partial charge in [0.15, 0.2) is 24.7 Å². The van der Waals surface area contributed by atoms with Crippen LogP contribution in [-0.2, 0) is 14.3 Å². The highest BCUT2D eigenvalue weighted by atomic mass is 32.2. The first-order valence-corrected chi connectivity index (χ1v) is 9.81. The quantitative estimate of drug-likeness (QED) is 0.506. The van der Waals surface area contributed by atoms with Crippen LogP contribution in [-0.4, -0.2) is 38.5 Å². The standard InChI is InChI=1S/C21H23NO5S/c1-4-5-15-6-11-18(19(12-15)25-2)26-14-21(24)27-13-20(23)22-16-7-9-17(28-3)10-8-16/h4-12H,13-14H2,1-3H3,(H,22,23)/b5-4+. The van der Waals surface area contributed by atoms with Crippen molar-refractivity contribution in [3.8, 4) is 11.5 Å². The Labute approximate surface area is 168 Å². The molecule has 0 radical (unpaired) electrons. The van der Waals surface area contributed by atoms with Crippen LogP contribution in [0.4, 0.5) is 5.69 Å². The Balaban J connectivity index is 1.79. The van der Waals surface area contributed by atoms with E-state index in [1.165, 1.54) is 7.11 Å². The summed E-state index contributed by atoms with van der Waals surface area (Å²) in [6.45, 7) is 1.21. The minimum Gasteiger partial charge on any atom is -0.493 e. The van der Waals surface area contributed by atoms with Crippen molar-refractivity contribution in [3.05, 3.63) is 54.1 Å². The second-order valence-corrected chi connectivity index (χ2v) is 6.52. The summed E-state index contributed by atoms with van der Waals surface area (Å²) in [5.41, 5.74) is 1.59. The van der Waals surface area contributed by atoms with Crippen LogP contribution in [0.5, 0.6) is 11.5 Å². The Bertz CT molecular complexity index is 833. The van der Waals surface area contributed by atoms with Crippen molar-refractivity contribution < 1.29 is 23.8 Å². The van der Waals surface area contributed by atoms with E-state index in [0.29, 0.717) is 17.2 Å². The molecular weight excluding hydrogens is 378 g/mol. The summed E-state index contributed by atoms with van der Waals surface area (Å²) in [4.78, 5) is 24.8. The largest absolute Gasteiger partial charge is 0.493 e. The molecule has 28 heavy (non-hydrogen) atoms. The van der Waals surface area contributed by atoms with Crippen LogP contribution in [0, 0.1) is 0 Å². The number of carbonyl (C=O) groups is 2. The van der Waals surface area contributed by atoms with E-state index in [0.717, 1.165) is 10.5 Å². The van der Waals surface area contributed by atoms with Gasteiger partial charge in [-0.15, -0.1) is 11.8 Å². The molecule has 2 rings (SSSR count). The van der Waals surface area contributed by atoms with Crippen molar-refractivity contribution in [1.29, 1.82) is 0 Å². The van der Waals surface area contributed by atoms with E-state index in [1.807, 2.05) is 43.5 Å². The molecule has 7 heteroatoms. The zero-order chi connectivity index (χ0) is 20.4. The molecule has 0 spiro atoms. The predicted molar refractivity (Wildman–Crippen MR) is 111 cm³/mol. The molecule has 1 N–H and O–H groups in total. The van der Waals surface area contributed by atoms with Gasteiger partial charge in [-0.2, -0.15) is 0 Å². The lowest BCUT2D eigenvalue weighted by molar-refractivity contribution is -0.149. The van der Waals surface area contributed by atoms with Gasteiger partial charge in [-0.3, -0.25) is 4.79 Å². The number of nitrogens with one attached hydrogen (secondary N) is 1. The molecule has 0 aliphatic heterocycles. The minimum absolute atomic E-state index is 0.324. The van der Waals surface area contributed by atoms with Gasteiger partial charge in [0.05, 0.1) is 7.11 Å². The normalized spacial score (nSPS) is 10.5. The number of amides is 1. The lowest BCUT2D eigenvalue weighted by Gasteiger charge is -2.11. The third-order valence-corrected chi connectivity index (χ3v) is 4.37. The maximum atomic E-state index is 11.9. The third-order valence-electron chi connectivity index (χ3n) is 3.63. The molecule has 2 aromatic carbocycles. The SMILES string of the molecule is C/C=C/c1ccc(OCC(=O)OCC(=O)Nc2ccc(SC)cc2)c(OC)c1. The Morgan fingerprint density at radius 3 is 2.46 bits per heavy atom. The first-order valence-electron chi connectivity index (χ1n) is 8.58. The van der Waals surface area contributed by atoms with Crippen molar-refractivity contribution in [2.45, 2.75) is 11.8 Å². The second kappa shape index (κ2) is 11.0. The van der Waals surface area contributed by atoms with Gasteiger partial charge >= 0.3 is 5.97 Å². The summed E-state index contributed by atoms with van der Waals surface area (Å²) >= 11 is 1.61. The number of benzene rings is 2. The zero-order valence-corrected chi connectivity index (χ0v) is 16.9. The van der Waals surface area contributed by atoms with Crippen molar-refractivity contribution in [1.82, 2.24) is 0 Å². The number of carbonyl (C=O) groups excluding carboxylic acids is 2. The van der Waals surface area contributed by atoms with Crippen molar-refractivity contribution in [2.75, 3.05) is 31.9 Å². The molecule has 2 aromatic rings. The molecule has 148 valence electrons. The van der Waals surface area contributed by atoms with E-state index in [9.17, 15) is 9.59 Å². The van der Waals surface area contributed by atoms with Gasteiger partial charge in [-0.1, -0.05) is 18.2 Å². The van der Waals surface area contributed by atoms with E-state index in [2.05, 4.69) is 5.32 Å². The van der Waals surface area contributed by atoms with Crippen LogP contribution < -0.4 is 14.8 Å². The Hall–Kier alpha value is -2.93. The topological polar surface area (TPSA) is 73.9 Å². The van der Waals surface area contributed by atoms with Gasteiger partial charge < -0.3 is 19.5 Å². The van der Waals surface area contributed by atoms with E-state index in [1.54, 1.807) is 36.0 Å². The first kappa shape index (κ1) is 21.4. The molecule has 6 nitrogen and oxygen atoms in total. The number of rotatable bonds is 9. The molecule has 0 saturated carbocycles. The molecule has 0 aromatic heterocycles. The molecule has 0 bridgehead atoms. The van der Waals surface area contributed by atoms with Crippen molar-refractivity contribution >= 4 is 35.4 Å².